The van der Waals surface area contributed by atoms with Crippen molar-refractivity contribution in [1.29, 1.82) is 0 Å². The number of hydrogen-bond acceptors (Lipinski definition) is 3. The number of amides is 1. The predicted molar refractivity (Wildman–Crippen MR) is 89.8 cm³/mol. The van der Waals surface area contributed by atoms with Crippen LogP contribution in [0.5, 0.6) is 5.75 Å². The Labute approximate surface area is 132 Å². The quantitative estimate of drug-likeness (QED) is 0.592. The highest BCUT2D eigenvalue weighted by Gasteiger charge is 2.18. The number of carbonyl (C=O) groups excluding carboxylic acids is 1. The van der Waals surface area contributed by atoms with E-state index in [1.165, 1.54) is 0 Å². The Bertz CT molecular complexity index is 474. The SMILES string of the molecule is CCCCOc1ccc(C(=O)N(C)C(C)CC(N)=S)cc1. The average molecular weight is 308 g/mol. The van der Waals surface area contributed by atoms with Crippen molar-refractivity contribution in [3.63, 3.8) is 0 Å². The van der Waals surface area contributed by atoms with Crippen molar-refractivity contribution < 1.29 is 9.53 Å². The minimum Gasteiger partial charge on any atom is -0.494 e. The molecule has 0 aromatic heterocycles. The molecule has 0 heterocycles. The summed E-state index contributed by atoms with van der Waals surface area (Å²) in [7, 11) is 1.76. The van der Waals surface area contributed by atoms with Crippen molar-refractivity contribution in [3.05, 3.63) is 29.8 Å². The summed E-state index contributed by atoms with van der Waals surface area (Å²) in [5.41, 5.74) is 6.16. The Morgan fingerprint density at radius 1 is 1.38 bits per heavy atom. The van der Waals surface area contributed by atoms with Crippen LogP contribution in [0.2, 0.25) is 0 Å². The van der Waals surface area contributed by atoms with Crippen LogP contribution in [-0.4, -0.2) is 35.5 Å². The molecule has 4 nitrogen and oxygen atoms in total. The van der Waals surface area contributed by atoms with Crippen LogP contribution in [-0.2, 0) is 0 Å². The van der Waals surface area contributed by atoms with Crippen LogP contribution >= 0.6 is 12.2 Å². The third-order valence-electron chi connectivity index (χ3n) is 3.35. The molecule has 1 amide bonds. The van der Waals surface area contributed by atoms with Gasteiger partial charge in [-0.2, -0.15) is 0 Å². The number of ether oxygens (including phenoxy) is 1. The standard InChI is InChI=1S/C16H24N2O2S/c1-4-5-10-20-14-8-6-13(7-9-14)16(19)18(3)12(2)11-15(17)21/h6-9,12H,4-5,10-11H2,1-3H3,(H2,17,21). The minimum absolute atomic E-state index is 0.0181. The van der Waals surface area contributed by atoms with E-state index in [1.807, 2.05) is 19.1 Å². The van der Waals surface area contributed by atoms with Gasteiger partial charge in [-0.05, 0) is 37.6 Å². The number of unbranched alkanes of at least 4 members (excludes halogenated alkanes) is 1. The van der Waals surface area contributed by atoms with E-state index < -0.39 is 0 Å². The van der Waals surface area contributed by atoms with Gasteiger partial charge in [0.2, 0.25) is 0 Å². The van der Waals surface area contributed by atoms with Gasteiger partial charge >= 0.3 is 0 Å². The van der Waals surface area contributed by atoms with E-state index in [4.69, 9.17) is 22.7 Å². The molecule has 1 aromatic carbocycles. The maximum Gasteiger partial charge on any atom is 0.253 e. The summed E-state index contributed by atoms with van der Waals surface area (Å²) in [6, 6.07) is 7.21. The number of benzene rings is 1. The van der Waals surface area contributed by atoms with E-state index >= 15 is 0 Å². The second-order valence-corrected chi connectivity index (χ2v) is 5.69. The van der Waals surface area contributed by atoms with Crippen LogP contribution < -0.4 is 10.5 Å². The van der Waals surface area contributed by atoms with Gasteiger partial charge in [-0.15, -0.1) is 0 Å². The zero-order valence-corrected chi connectivity index (χ0v) is 13.8. The second-order valence-electron chi connectivity index (χ2n) is 5.16. The van der Waals surface area contributed by atoms with Crippen LogP contribution in [0.1, 0.15) is 43.5 Å². The summed E-state index contributed by atoms with van der Waals surface area (Å²) in [6.07, 6.45) is 2.65. The molecular weight excluding hydrogens is 284 g/mol. The summed E-state index contributed by atoms with van der Waals surface area (Å²) < 4.78 is 5.58. The van der Waals surface area contributed by atoms with Crippen LogP contribution in [0.25, 0.3) is 0 Å². The molecule has 0 bridgehead atoms. The van der Waals surface area contributed by atoms with Crippen LogP contribution in [0, 0.1) is 0 Å². The lowest BCUT2D eigenvalue weighted by Gasteiger charge is -2.24. The molecule has 0 radical (unpaired) electrons. The minimum atomic E-state index is -0.0427. The molecule has 0 fully saturated rings. The van der Waals surface area contributed by atoms with Crippen molar-refractivity contribution in [2.75, 3.05) is 13.7 Å². The molecule has 0 aliphatic carbocycles. The number of thiocarbonyl (C=S) groups is 1. The first-order valence-corrected chi connectivity index (χ1v) is 7.64. The molecule has 21 heavy (non-hydrogen) atoms. The summed E-state index contributed by atoms with van der Waals surface area (Å²) in [5.74, 6) is 0.748. The first-order chi connectivity index (χ1) is 9.95. The number of carbonyl (C=O) groups is 1. The van der Waals surface area contributed by atoms with E-state index in [0.717, 1.165) is 18.6 Å². The Morgan fingerprint density at radius 3 is 2.52 bits per heavy atom. The molecule has 0 aliphatic rings. The fourth-order valence-corrected chi connectivity index (χ4v) is 2.10. The Morgan fingerprint density at radius 2 is 2.00 bits per heavy atom. The fourth-order valence-electron chi connectivity index (χ4n) is 1.86. The molecule has 1 unspecified atom stereocenters. The summed E-state index contributed by atoms with van der Waals surface area (Å²) >= 11 is 4.89. The van der Waals surface area contributed by atoms with Gasteiger partial charge in [0.25, 0.3) is 5.91 Å². The predicted octanol–water partition coefficient (Wildman–Crippen LogP) is 3.00. The Balaban J connectivity index is 2.63. The van der Waals surface area contributed by atoms with E-state index in [1.54, 1.807) is 24.1 Å². The van der Waals surface area contributed by atoms with E-state index in [-0.39, 0.29) is 11.9 Å². The smallest absolute Gasteiger partial charge is 0.253 e. The Kier molecular flexibility index (Phi) is 7.15. The first-order valence-electron chi connectivity index (χ1n) is 7.24. The van der Waals surface area contributed by atoms with Gasteiger partial charge in [0.1, 0.15) is 5.75 Å². The van der Waals surface area contributed by atoms with Crippen LogP contribution in [0.3, 0.4) is 0 Å². The van der Waals surface area contributed by atoms with Gasteiger partial charge in [-0.25, -0.2) is 0 Å². The fraction of sp³-hybridized carbons (Fsp3) is 0.500. The molecule has 1 rings (SSSR count). The van der Waals surface area contributed by atoms with Gasteiger partial charge in [-0.1, -0.05) is 25.6 Å². The highest BCUT2D eigenvalue weighted by Crippen LogP contribution is 2.15. The van der Waals surface area contributed by atoms with E-state index in [0.29, 0.717) is 23.6 Å². The summed E-state index contributed by atoms with van der Waals surface area (Å²) in [5, 5.41) is 0. The Hall–Kier alpha value is -1.62. The molecule has 116 valence electrons. The zero-order chi connectivity index (χ0) is 15.8. The van der Waals surface area contributed by atoms with E-state index in [9.17, 15) is 4.79 Å². The lowest BCUT2D eigenvalue weighted by atomic mass is 10.1. The van der Waals surface area contributed by atoms with Gasteiger partial charge in [-0.3, -0.25) is 4.79 Å². The molecule has 1 atom stereocenters. The molecule has 2 N–H and O–H groups in total. The van der Waals surface area contributed by atoms with E-state index in [2.05, 4.69) is 6.92 Å². The normalized spacial score (nSPS) is 11.8. The van der Waals surface area contributed by atoms with Crippen molar-refractivity contribution in [2.24, 2.45) is 5.73 Å². The molecule has 0 spiro atoms. The highest BCUT2D eigenvalue weighted by atomic mass is 32.1. The van der Waals surface area contributed by atoms with Gasteiger partial charge in [0, 0.05) is 25.1 Å². The molecule has 0 saturated heterocycles. The maximum atomic E-state index is 12.3. The summed E-state index contributed by atoms with van der Waals surface area (Å²) in [4.78, 5) is 14.4. The van der Waals surface area contributed by atoms with Crippen molar-refractivity contribution in [2.45, 2.75) is 39.2 Å². The van der Waals surface area contributed by atoms with Crippen molar-refractivity contribution >= 4 is 23.1 Å². The van der Waals surface area contributed by atoms with Gasteiger partial charge < -0.3 is 15.4 Å². The van der Waals surface area contributed by atoms with Gasteiger partial charge in [0.15, 0.2) is 0 Å². The number of hydrogen-bond donors (Lipinski definition) is 1. The zero-order valence-electron chi connectivity index (χ0n) is 13.0. The van der Waals surface area contributed by atoms with Crippen LogP contribution in [0.4, 0.5) is 0 Å². The lowest BCUT2D eigenvalue weighted by molar-refractivity contribution is 0.0748. The maximum absolute atomic E-state index is 12.3. The number of rotatable bonds is 8. The van der Waals surface area contributed by atoms with Gasteiger partial charge in [0.05, 0.1) is 11.6 Å². The largest absolute Gasteiger partial charge is 0.494 e. The molecule has 0 saturated carbocycles. The number of nitrogens with two attached hydrogens (primary N) is 1. The third kappa shape index (κ3) is 5.71. The third-order valence-corrected chi connectivity index (χ3v) is 3.51. The number of nitrogens with zero attached hydrogens (tertiary/aromatic N) is 1. The lowest BCUT2D eigenvalue weighted by Crippen LogP contribution is -2.37. The topological polar surface area (TPSA) is 55.6 Å². The average Bonchev–Trinajstić information content (AvgIpc) is 2.46. The van der Waals surface area contributed by atoms with Crippen molar-refractivity contribution in [3.8, 4) is 5.75 Å². The van der Waals surface area contributed by atoms with Crippen molar-refractivity contribution in [1.82, 2.24) is 4.90 Å². The molecule has 0 aliphatic heterocycles. The first kappa shape index (κ1) is 17.4. The van der Waals surface area contributed by atoms with Crippen LogP contribution in [0.15, 0.2) is 24.3 Å². The molecule has 1 aromatic rings. The highest BCUT2D eigenvalue weighted by molar-refractivity contribution is 7.80. The monoisotopic (exact) mass is 308 g/mol. The molecule has 5 heteroatoms. The second kappa shape index (κ2) is 8.62. The molecular formula is C16H24N2O2S. The summed E-state index contributed by atoms with van der Waals surface area (Å²) in [6.45, 7) is 4.75.